The Kier molecular flexibility index (Phi) is 0.924. The second-order valence-corrected chi connectivity index (χ2v) is 6.50. The molecule has 5 aliphatic carbocycles. The highest BCUT2D eigenvalue weighted by Gasteiger charge is 2.81. The number of rotatable bonds is 0. The summed E-state index contributed by atoms with van der Waals surface area (Å²) in [6.45, 7) is 0. The van der Waals surface area contributed by atoms with Crippen LogP contribution < -0.4 is 0 Å². The van der Waals surface area contributed by atoms with Crippen LogP contribution in [0.5, 0.6) is 0 Å². The van der Waals surface area contributed by atoms with Gasteiger partial charge in [-0.3, -0.25) is 9.59 Å². The summed E-state index contributed by atoms with van der Waals surface area (Å²) in [5, 5.41) is 0. The highest BCUT2D eigenvalue weighted by molar-refractivity contribution is 5.96. The third-order valence-electron chi connectivity index (χ3n) is 6.41. The fourth-order valence-corrected chi connectivity index (χ4v) is 6.21. The molecule has 15 heavy (non-hydrogen) atoms. The van der Waals surface area contributed by atoms with Crippen LogP contribution in [0.3, 0.4) is 0 Å². The van der Waals surface area contributed by atoms with Crippen molar-refractivity contribution in [3.05, 3.63) is 0 Å². The number of fused-ring (bicyclic) bond motifs is 2. The maximum atomic E-state index is 12.0. The van der Waals surface area contributed by atoms with Crippen molar-refractivity contribution in [3.8, 4) is 0 Å². The molecule has 6 atom stereocenters. The lowest BCUT2D eigenvalue weighted by Gasteiger charge is -2.22. The van der Waals surface area contributed by atoms with E-state index in [-0.39, 0.29) is 11.8 Å². The van der Waals surface area contributed by atoms with E-state index < -0.39 is 0 Å². The van der Waals surface area contributed by atoms with Gasteiger partial charge in [0.15, 0.2) is 0 Å². The Morgan fingerprint density at radius 1 is 0.867 bits per heavy atom. The molecule has 78 valence electrons. The van der Waals surface area contributed by atoms with Crippen LogP contribution >= 0.6 is 0 Å². The Labute approximate surface area is 88.4 Å². The molecular formula is C13H14O2. The number of hydrogen-bond acceptors (Lipinski definition) is 2. The molecule has 2 nitrogen and oxygen atoms in total. The third-order valence-corrected chi connectivity index (χ3v) is 6.41. The summed E-state index contributed by atoms with van der Waals surface area (Å²) in [6.07, 6.45) is 4.29. The molecule has 0 heterocycles. The normalized spacial score (nSPS) is 61.1. The molecule has 5 aliphatic rings. The van der Waals surface area contributed by atoms with Crippen molar-refractivity contribution >= 4 is 11.6 Å². The molecule has 5 rings (SSSR count). The maximum absolute atomic E-state index is 12.0. The summed E-state index contributed by atoms with van der Waals surface area (Å²) in [5.41, 5.74) is 0.503. The minimum atomic E-state index is 0.189. The molecule has 5 saturated carbocycles. The number of ketones is 2. The van der Waals surface area contributed by atoms with Crippen molar-refractivity contribution < 1.29 is 9.59 Å². The van der Waals surface area contributed by atoms with Crippen LogP contribution in [-0.4, -0.2) is 11.6 Å². The van der Waals surface area contributed by atoms with Gasteiger partial charge < -0.3 is 0 Å². The van der Waals surface area contributed by atoms with E-state index >= 15 is 0 Å². The SMILES string of the molecule is O=C1C[C@H]2[C@H]3CC(=O)[C@H]4[C@H]1[C@@H]2C1(CC1)[C@@H]34. The Morgan fingerprint density at radius 3 is 1.73 bits per heavy atom. The topological polar surface area (TPSA) is 34.1 Å². The van der Waals surface area contributed by atoms with Crippen LogP contribution in [0.1, 0.15) is 25.7 Å². The van der Waals surface area contributed by atoms with Crippen molar-refractivity contribution in [2.75, 3.05) is 0 Å². The smallest absolute Gasteiger partial charge is 0.137 e. The highest BCUT2D eigenvalue weighted by Crippen LogP contribution is 2.83. The molecule has 0 aromatic rings. The predicted octanol–water partition coefficient (Wildman–Crippen LogP) is 1.44. The van der Waals surface area contributed by atoms with Crippen molar-refractivity contribution in [1.82, 2.24) is 0 Å². The first-order chi connectivity index (χ1) is 7.24. The van der Waals surface area contributed by atoms with Crippen LogP contribution in [-0.2, 0) is 9.59 Å². The summed E-state index contributed by atoms with van der Waals surface area (Å²) < 4.78 is 0. The van der Waals surface area contributed by atoms with Gasteiger partial charge in [0.2, 0.25) is 0 Å². The predicted molar refractivity (Wildman–Crippen MR) is 51.9 cm³/mol. The number of Topliss-reactive ketones (excluding diaryl/α,β-unsaturated/α-hetero) is 2. The van der Waals surface area contributed by atoms with Gasteiger partial charge in [0, 0.05) is 24.7 Å². The van der Waals surface area contributed by atoms with Crippen molar-refractivity contribution in [3.63, 3.8) is 0 Å². The Balaban J connectivity index is 1.81. The number of hydrogen-bond donors (Lipinski definition) is 0. The van der Waals surface area contributed by atoms with Gasteiger partial charge in [0.05, 0.1) is 0 Å². The average Bonchev–Trinajstić information content (AvgIpc) is 2.70. The van der Waals surface area contributed by atoms with Crippen molar-refractivity contribution in [1.29, 1.82) is 0 Å². The molecule has 0 saturated heterocycles. The van der Waals surface area contributed by atoms with Crippen LogP contribution in [0.15, 0.2) is 0 Å². The first kappa shape index (κ1) is 7.59. The van der Waals surface area contributed by atoms with E-state index in [0.29, 0.717) is 40.7 Å². The van der Waals surface area contributed by atoms with E-state index in [4.69, 9.17) is 0 Å². The Morgan fingerprint density at radius 2 is 1.33 bits per heavy atom. The summed E-state index contributed by atoms with van der Waals surface area (Å²) >= 11 is 0. The molecule has 5 fully saturated rings. The van der Waals surface area contributed by atoms with E-state index in [9.17, 15) is 9.59 Å². The molecular weight excluding hydrogens is 188 g/mol. The molecule has 2 heteroatoms. The summed E-state index contributed by atoms with van der Waals surface area (Å²) in [7, 11) is 0. The van der Waals surface area contributed by atoms with Gasteiger partial charge in [0.25, 0.3) is 0 Å². The van der Waals surface area contributed by atoms with Crippen LogP contribution in [0, 0.1) is 40.9 Å². The van der Waals surface area contributed by atoms with Crippen LogP contribution in [0.25, 0.3) is 0 Å². The van der Waals surface area contributed by atoms with Gasteiger partial charge >= 0.3 is 0 Å². The van der Waals surface area contributed by atoms with Gasteiger partial charge in [-0.1, -0.05) is 0 Å². The maximum Gasteiger partial charge on any atom is 0.137 e. The van der Waals surface area contributed by atoms with Gasteiger partial charge in [-0.05, 0) is 41.9 Å². The van der Waals surface area contributed by atoms with Crippen LogP contribution in [0.4, 0.5) is 0 Å². The zero-order valence-corrected chi connectivity index (χ0v) is 8.61. The van der Waals surface area contributed by atoms with E-state index in [1.54, 1.807) is 0 Å². The lowest BCUT2D eigenvalue weighted by atomic mass is 9.79. The van der Waals surface area contributed by atoms with Crippen molar-refractivity contribution in [2.45, 2.75) is 25.7 Å². The van der Waals surface area contributed by atoms with Gasteiger partial charge in [-0.15, -0.1) is 0 Å². The summed E-state index contributed by atoms with van der Waals surface area (Å²) in [6, 6.07) is 0. The first-order valence-electron chi connectivity index (χ1n) is 6.29. The second-order valence-electron chi connectivity index (χ2n) is 6.50. The second kappa shape index (κ2) is 1.83. The molecule has 0 aromatic carbocycles. The number of carbonyl (C=O) groups is 2. The molecule has 0 N–H and O–H groups in total. The molecule has 0 amide bonds. The fourth-order valence-electron chi connectivity index (χ4n) is 6.21. The zero-order valence-electron chi connectivity index (χ0n) is 8.61. The number of carbonyl (C=O) groups excluding carboxylic acids is 2. The molecule has 1 spiro atoms. The van der Waals surface area contributed by atoms with E-state index in [2.05, 4.69) is 0 Å². The summed E-state index contributed by atoms with van der Waals surface area (Å²) in [4.78, 5) is 24.0. The van der Waals surface area contributed by atoms with E-state index in [1.165, 1.54) is 12.8 Å². The minimum absolute atomic E-state index is 0.189. The third kappa shape index (κ3) is 0.540. The van der Waals surface area contributed by atoms with Crippen LogP contribution in [0.2, 0.25) is 0 Å². The molecule has 0 aromatic heterocycles. The van der Waals surface area contributed by atoms with E-state index in [0.717, 1.165) is 12.8 Å². The van der Waals surface area contributed by atoms with E-state index in [1.807, 2.05) is 0 Å². The largest absolute Gasteiger partial charge is 0.299 e. The highest BCUT2D eigenvalue weighted by atomic mass is 16.1. The first-order valence-corrected chi connectivity index (χ1v) is 6.29. The average molecular weight is 202 g/mol. The fraction of sp³-hybridized carbons (Fsp3) is 0.846. The Hall–Kier alpha value is -0.660. The Bertz CT molecular complexity index is 384. The molecule has 2 bridgehead atoms. The van der Waals surface area contributed by atoms with Crippen molar-refractivity contribution in [2.24, 2.45) is 40.9 Å². The van der Waals surface area contributed by atoms with Gasteiger partial charge in [-0.25, -0.2) is 0 Å². The molecule has 0 radical (unpaired) electrons. The minimum Gasteiger partial charge on any atom is -0.299 e. The lowest BCUT2D eigenvalue weighted by Crippen LogP contribution is -2.26. The summed E-state index contributed by atoms with van der Waals surface area (Å²) in [5.74, 6) is 3.81. The van der Waals surface area contributed by atoms with Gasteiger partial charge in [0.1, 0.15) is 11.6 Å². The lowest BCUT2D eigenvalue weighted by molar-refractivity contribution is -0.129. The van der Waals surface area contributed by atoms with Gasteiger partial charge in [-0.2, -0.15) is 0 Å². The standard InChI is InChI=1S/C13H14O2/c14-7-3-5-6-4-8(15)10-9(7)11(5)13(1-2-13)12(6)10/h5-6,9-12H,1-4H2/t5-,6+,9-,10-,11+,12-/m0/s1. The molecule has 0 unspecified atom stereocenters. The molecule has 0 aliphatic heterocycles. The monoisotopic (exact) mass is 202 g/mol. The quantitative estimate of drug-likeness (QED) is 0.595. The zero-order chi connectivity index (χ0) is 9.95.